The van der Waals surface area contributed by atoms with E-state index in [0.29, 0.717) is 12.2 Å². The minimum Gasteiger partial charge on any atom is -0.493 e. The highest BCUT2D eigenvalue weighted by molar-refractivity contribution is 6.07. The fraction of sp³-hybridized carbons (Fsp3) is 0.682. The van der Waals surface area contributed by atoms with Crippen LogP contribution in [0.5, 0.6) is 0 Å². The number of esters is 1. The van der Waals surface area contributed by atoms with Crippen molar-refractivity contribution in [3.8, 4) is 0 Å². The summed E-state index contributed by atoms with van der Waals surface area (Å²) in [6.45, 7) is 7.80. The van der Waals surface area contributed by atoms with Gasteiger partial charge in [-0.05, 0) is 36.8 Å². The lowest BCUT2D eigenvalue weighted by molar-refractivity contribution is -0.217. The molecule has 4 rings (SSSR count). The molecule has 1 heterocycles. The first-order chi connectivity index (χ1) is 13.1. The molecular weight excluding hydrogens is 360 g/mol. The summed E-state index contributed by atoms with van der Waals surface area (Å²) in [5.41, 5.74) is -0.795. The molecule has 0 amide bonds. The molecule has 28 heavy (non-hydrogen) atoms. The van der Waals surface area contributed by atoms with Crippen molar-refractivity contribution < 1.29 is 28.6 Å². The maximum Gasteiger partial charge on any atom is 0.306 e. The first kappa shape index (κ1) is 19.2. The van der Waals surface area contributed by atoms with Crippen LogP contribution in [-0.2, 0) is 28.6 Å². The van der Waals surface area contributed by atoms with Crippen LogP contribution < -0.4 is 0 Å². The van der Waals surface area contributed by atoms with Crippen LogP contribution in [0.1, 0.15) is 40.5 Å². The third kappa shape index (κ3) is 2.06. The third-order valence-corrected chi connectivity index (χ3v) is 8.10. The van der Waals surface area contributed by atoms with Crippen LogP contribution in [0.3, 0.4) is 0 Å². The number of ketones is 2. The van der Waals surface area contributed by atoms with Crippen LogP contribution >= 0.6 is 0 Å². The summed E-state index contributed by atoms with van der Waals surface area (Å²) >= 11 is 0. The molecule has 0 aromatic carbocycles. The van der Waals surface area contributed by atoms with Crippen LogP contribution in [-0.4, -0.2) is 37.9 Å². The predicted molar refractivity (Wildman–Crippen MR) is 99.8 cm³/mol. The Morgan fingerprint density at radius 2 is 1.82 bits per heavy atom. The van der Waals surface area contributed by atoms with E-state index in [4.69, 9.17) is 14.2 Å². The predicted octanol–water partition coefficient (Wildman–Crippen LogP) is 2.82. The molecule has 0 aromatic heterocycles. The maximum absolute atomic E-state index is 13.7. The number of ether oxygens (including phenoxy) is 3. The molecule has 0 aromatic rings. The smallest absolute Gasteiger partial charge is 0.306 e. The van der Waals surface area contributed by atoms with Crippen molar-refractivity contribution in [1.29, 1.82) is 0 Å². The van der Waals surface area contributed by atoms with E-state index in [2.05, 4.69) is 0 Å². The Kier molecular flexibility index (Phi) is 4.08. The summed E-state index contributed by atoms with van der Waals surface area (Å²) in [6.07, 6.45) is 2.21. The van der Waals surface area contributed by atoms with Crippen molar-refractivity contribution >= 4 is 17.5 Å². The van der Waals surface area contributed by atoms with Crippen LogP contribution in [0.25, 0.3) is 0 Å². The molecule has 0 N–H and O–H groups in total. The summed E-state index contributed by atoms with van der Waals surface area (Å²) in [6, 6.07) is 0. The molecule has 1 aliphatic heterocycles. The van der Waals surface area contributed by atoms with E-state index >= 15 is 0 Å². The number of rotatable bonds is 2. The topological polar surface area (TPSA) is 78.9 Å². The van der Waals surface area contributed by atoms with Gasteiger partial charge in [-0.15, -0.1) is 0 Å². The van der Waals surface area contributed by atoms with Gasteiger partial charge in [0.25, 0.3) is 0 Å². The van der Waals surface area contributed by atoms with E-state index in [9.17, 15) is 14.4 Å². The lowest BCUT2D eigenvalue weighted by Gasteiger charge is -2.64. The molecule has 0 radical (unpaired) electrons. The van der Waals surface area contributed by atoms with Gasteiger partial charge in [-0.1, -0.05) is 20.8 Å². The van der Waals surface area contributed by atoms with Gasteiger partial charge in [0, 0.05) is 22.7 Å². The highest BCUT2D eigenvalue weighted by atomic mass is 16.5. The monoisotopic (exact) mass is 388 g/mol. The molecule has 4 aliphatic rings. The van der Waals surface area contributed by atoms with Gasteiger partial charge in [0.15, 0.2) is 11.5 Å². The molecule has 0 unspecified atom stereocenters. The van der Waals surface area contributed by atoms with Crippen molar-refractivity contribution in [1.82, 2.24) is 0 Å². The Morgan fingerprint density at radius 3 is 2.43 bits per heavy atom. The number of carbonyl (C=O) groups excluding carboxylic acids is 3. The quantitative estimate of drug-likeness (QED) is 0.677. The summed E-state index contributed by atoms with van der Waals surface area (Å²) in [5, 5.41) is 0. The normalized spacial score (nSPS) is 45.0. The first-order valence-electron chi connectivity index (χ1n) is 9.91. The maximum atomic E-state index is 13.7. The standard InChI is InChI=1S/C22H28O6/c1-10-7-14(26-5)20(25)22(4)12(10)8-15-21(3)13(9-16(23)28-15)11(2)18(27-6)17(24)19(21)22/h7,10,12-13,15,19H,8-9H2,1-6H3/t10-,12+,13-,15+,19-,21+,22+/m0/s1. The lowest BCUT2D eigenvalue weighted by Crippen LogP contribution is -2.69. The molecule has 152 valence electrons. The van der Waals surface area contributed by atoms with Gasteiger partial charge in [0.2, 0.25) is 11.6 Å². The van der Waals surface area contributed by atoms with Crippen LogP contribution in [0.2, 0.25) is 0 Å². The molecule has 6 nitrogen and oxygen atoms in total. The highest BCUT2D eigenvalue weighted by Gasteiger charge is 2.72. The number of hydrogen-bond acceptors (Lipinski definition) is 6. The molecule has 0 spiro atoms. The van der Waals surface area contributed by atoms with Gasteiger partial charge >= 0.3 is 5.97 Å². The largest absolute Gasteiger partial charge is 0.493 e. The molecule has 1 saturated heterocycles. The Morgan fingerprint density at radius 1 is 1.14 bits per heavy atom. The Bertz CT molecular complexity index is 838. The number of carbonyl (C=O) groups is 3. The van der Waals surface area contributed by atoms with Crippen molar-refractivity contribution in [2.45, 2.75) is 46.6 Å². The van der Waals surface area contributed by atoms with Crippen molar-refractivity contribution in [2.24, 2.45) is 34.5 Å². The first-order valence-corrected chi connectivity index (χ1v) is 9.91. The van der Waals surface area contributed by atoms with Crippen molar-refractivity contribution in [2.75, 3.05) is 14.2 Å². The van der Waals surface area contributed by atoms with Gasteiger partial charge < -0.3 is 14.2 Å². The lowest BCUT2D eigenvalue weighted by atomic mass is 9.40. The van der Waals surface area contributed by atoms with Gasteiger partial charge in [0.1, 0.15) is 6.10 Å². The number of Topliss-reactive ketones (excluding diaryl/α,β-unsaturated/α-hetero) is 2. The van der Waals surface area contributed by atoms with E-state index in [0.717, 1.165) is 5.57 Å². The zero-order chi connectivity index (χ0) is 20.6. The van der Waals surface area contributed by atoms with Crippen LogP contribution in [0.15, 0.2) is 23.2 Å². The van der Waals surface area contributed by atoms with E-state index in [1.54, 1.807) is 0 Å². The number of allylic oxidation sites excluding steroid dienone is 4. The van der Waals surface area contributed by atoms with Crippen LogP contribution in [0.4, 0.5) is 0 Å². The summed E-state index contributed by atoms with van der Waals surface area (Å²) in [5.74, 6) is -0.854. The number of hydrogen-bond donors (Lipinski definition) is 0. The Balaban J connectivity index is 1.99. The number of fused-ring (bicyclic) bond motifs is 2. The zero-order valence-corrected chi connectivity index (χ0v) is 17.3. The average Bonchev–Trinajstić information content (AvgIpc) is 2.63. The fourth-order valence-electron chi connectivity index (χ4n) is 6.81. The Labute approximate surface area is 165 Å². The molecular formula is C22H28O6. The highest BCUT2D eigenvalue weighted by Crippen LogP contribution is 2.67. The van der Waals surface area contributed by atoms with Crippen molar-refractivity contribution in [3.63, 3.8) is 0 Å². The summed E-state index contributed by atoms with van der Waals surface area (Å²) < 4.78 is 16.7. The van der Waals surface area contributed by atoms with E-state index in [1.165, 1.54) is 14.2 Å². The third-order valence-electron chi connectivity index (χ3n) is 8.10. The van der Waals surface area contributed by atoms with E-state index in [-0.39, 0.29) is 47.5 Å². The summed E-state index contributed by atoms with van der Waals surface area (Å²) in [7, 11) is 2.97. The second-order valence-electron chi connectivity index (χ2n) is 9.16. The molecule has 2 fully saturated rings. The van der Waals surface area contributed by atoms with Gasteiger partial charge in [-0.25, -0.2) is 0 Å². The molecule has 6 heteroatoms. The number of methoxy groups -OCH3 is 2. The second-order valence-corrected chi connectivity index (χ2v) is 9.16. The fourth-order valence-corrected chi connectivity index (χ4v) is 6.81. The van der Waals surface area contributed by atoms with E-state index < -0.39 is 22.9 Å². The molecule has 0 bridgehead atoms. The van der Waals surface area contributed by atoms with Gasteiger partial charge in [-0.3, -0.25) is 14.4 Å². The molecule has 7 atom stereocenters. The van der Waals surface area contributed by atoms with Crippen molar-refractivity contribution in [3.05, 3.63) is 23.2 Å². The Hall–Kier alpha value is -2.11. The zero-order valence-electron chi connectivity index (χ0n) is 17.3. The second kappa shape index (κ2) is 5.94. The molecule has 3 aliphatic carbocycles. The molecule has 1 saturated carbocycles. The average molecular weight is 388 g/mol. The summed E-state index contributed by atoms with van der Waals surface area (Å²) in [4.78, 5) is 39.6. The SMILES string of the molecule is COC1=C[C@H](C)[C@H]2C[C@H]3OC(=O)C[C@H]4C(C)=C(OC)C(=O)[C@H]([C@]2(C)C1=O)[C@@]34C. The van der Waals surface area contributed by atoms with E-state index in [1.807, 2.05) is 33.8 Å². The minimum absolute atomic E-state index is 0.0204. The van der Waals surface area contributed by atoms with Gasteiger partial charge in [0.05, 0.1) is 20.6 Å². The van der Waals surface area contributed by atoms with Crippen LogP contribution in [0, 0.1) is 34.5 Å². The van der Waals surface area contributed by atoms with Gasteiger partial charge in [-0.2, -0.15) is 0 Å². The minimum atomic E-state index is -0.936.